The maximum atomic E-state index is 12.7. The molecule has 3 aromatic carbocycles. The zero-order valence-electron chi connectivity index (χ0n) is 16.2. The summed E-state index contributed by atoms with van der Waals surface area (Å²) in [5, 5.41) is 1.22. The SMILES string of the molecule is O=C(OCc1ccccc1)C1CCc2[nH]c3c(-c4ccccc4)cccc3c2C1. The van der Waals surface area contributed by atoms with Crippen LogP contribution in [0, 0.1) is 5.92 Å². The van der Waals surface area contributed by atoms with Gasteiger partial charge in [-0.2, -0.15) is 0 Å². The molecule has 0 fully saturated rings. The van der Waals surface area contributed by atoms with Crippen LogP contribution in [-0.4, -0.2) is 11.0 Å². The zero-order valence-corrected chi connectivity index (χ0v) is 16.2. The largest absolute Gasteiger partial charge is 0.461 e. The Morgan fingerprint density at radius 1 is 0.931 bits per heavy atom. The average molecular weight is 381 g/mol. The summed E-state index contributed by atoms with van der Waals surface area (Å²) in [5.41, 5.74) is 7.14. The van der Waals surface area contributed by atoms with Crippen molar-refractivity contribution in [1.82, 2.24) is 4.98 Å². The number of H-pyrrole nitrogens is 1. The van der Waals surface area contributed by atoms with Gasteiger partial charge in [-0.15, -0.1) is 0 Å². The lowest BCUT2D eigenvalue weighted by Gasteiger charge is -2.21. The van der Waals surface area contributed by atoms with Gasteiger partial charge in [0.15, 0.2) is 0 Å². The Hall–Kier alpha value is -3.33. The molecule has 29 heavy (non-hydrogen) atoms. The van der Waals surface area contributed by atoms with Crippen LogP contribution in [0.25, 0.3) is 22.0 Å². The first kappa shape index (κ1) is 17.7. The number of aromatic amines is 1. The predicted molar refractivity (Wildman–Crippen MR) is 115 cm³/mol. The normalized spacial score (nSPS) is 15.8. The summed E-state index contributed by atoms with van der Waals surface area (Å²) >= 11 is 0. The van der Waals surface area contributed by atoms with E-state index in [0.29, 0.717) is 6.61 Å². The fraction of sp³-hybridized carbons (Fsp3) is 0.192. The zero-order chi connectivity index (χ0) is 19.6. The molecule has 3 nitrogen and oxygen atoms in total. The van der Waals surface area contributed by atoms with Crippen LogP contribution in [0.1, 0.15) is 23.2 Å². The smallest absolute Gasteiger partial charge is 0.309 e. The molecule has 5 rings (SSSR count). The van der Waals surface area contributed by atoms with Gasteiger partial charge in [0.2, 0.25) is 0 Å². The fourth-order valence-electron chi connectivity index (χ4n) is 4.35. The van der Waals surface area contributed by atoms with Crippen LogP contribution in [0.4, 0.5) is 0 Å². The van der Waals surface area contributed by atoms with Gasteiger partial charge in [-0.25, -0.2) is 0 Å². The summed E-state index contributed by atoms with van der Waals surface area (Å²) in [7, 11) is 0. The van der Waals surface area contributed by atoms with Crippen molar-refractivity contribution < 1.29 is 9.53 Å². The second-order valence-corrected chi connectivity index (χ2v) is 7.71. The molecule has 0 saturated heterocycles. The van der Waals surface area contributed by atoms with E-state index in [9.17, 15) is 4.79 Å². The molecule has 1 aliphatic carbocycles. The molecule has 0 bridgehead atoms. The topological polar surface area (TPSA) is 42.1 Å². The van der Waals surface area contributed by atoms with E-state index in [1.807, 2.05) is 36.4 Å². The molecule has 0 amide bonds. The maximum Gasteiger partial charge on any atom is 0.309 e. The van der Waals surface area contributed by atoms with Gasteiger partial charge in [-0.1, -0.05) is 78.9 Å². The van der Waals surface area contributed by atoms with Gasteiger partial charge in [0, 0.05) is 16.6 Å². The highest BCUT2D eigenvalue weighted by Crippen LogP contribution is 2.36. The van der Waals surface area contributed by atoms with Crippen LogP contribution in [0.5, 0.6) is 0 Å². The highest BCUT2D eigenvalue weighted by Gasteiger charge is 2.29. The molecule has 144 valence electrons. The molecular weight excluding hydrogens is 358 g/mol. The van der Waals surface area contributed by atoms with Gasteiger partial charge in [-0.3, -0.25) is 4.79 Å². The molecule has 3 heteroatoms. The Morgan fingerprint density at radius 2 is 1.69 bits per heavy atom. The second-order valence-electron chi connectivity index (χ2n) is 7.71. The maximum absolute atomic E-state index is 12.7. The van der Waals surface area contributed by atoms with Crippen LogP contribution in [-0.2, 0) is 29.0 Å². The molecule has 1 heterocycles. The third-order valence-electron chi connectivity index (χ3n) is 5.87. The van der Waals surface area contributed by atoms with Crippen molar-refractivity contribution in [1.29, 1.82) is 0 Å². The molecule has 0 saturated carbocycles. The van der Waals surface area contributed by atoms with E-state index in [1.54, 1.807) is 0 Å². The standard InChI is InChI=1S/C26H23NO2/c28-26(29-17-18-8-3-1-4-9-18)20-14-15-24-23(16-20)22-13-7-12-21(25(22)27-24)19-10-5-2-6-11-19/h1-13,20,27H,14-17H2. The van der Waals surface area contributed by atoms with Gasteiger partial charge in [0.25, 0.3) is 0 Å². The van der Waals surface area contributed by atoms with Crippen molar-refractivity contribution >= 4 is 16.9 Å². The molecule has 4 aromatic rings. The van der Waals surface area contributed by atoms with E-state index in [1.165, 1.54) is 33.3 Å². The van der Waals surface area contributed by atoms with Gasteiger partial charge in [0.05, 0.1) is 11.4 Å². The summed E-state index contributed by atoms with van der Waals surface area (Å²) in [6.45, 7) is 0.342. The van der Waals surface area contributed by atoms with Crippen molar-refractivity contribution in [2.24, 2.45) is 5.92 Å². The molecule has 0 aliphatic heterocycles. The van der Waals surface area contributed by atoms with Gasteiger partial charge in [0.1, 0.15) is 6.61 Å². The van der Waals surface area contributed by atoms with E-state index in [2.05, 4.69) is 47.4 Å². The quantitative estimate of drug-likeness (QED) is 0.462. The summed E-state index contributed by atoms with van der Waals surface area (Å²) < 4.78 is 5.62. The number of esters is 1. The summed E-state index contributed by atoms with van der Waals surface area (Å²) in [4.78, 5) is 16.3. The number of aryl methyl sites for hydroxylation is 1. The monoisotopic (exact) mass is 381 g/mol. The summed E-state index contributed by atoms with van der Waals surface area (Å²) in [6, 6.07) is 26.7. The highest BCUT2D eigenvalue weighted by atomic mass is 16.5. The van der Waals surface area contributed by atoms with Gasteiger partial charge >= 0.3 is 5.97 Å². The third kappa shape index (κ3) is 3.44. The Kier molecular flexibility index (Phi) is 4.65. The number of carbonyl (C=O) groups excluding carboxylic acids is 1. The predicted octanol–water partition coefficient (Wildman–Crippen LogP) is 5.68. The van der Waals surface area contributed by atoms with Crippen LogP contribution in [0.2, 0.25) is 0 Å². The van der Waals surface area contributed by atoms with Gasteiger partial charge < -0.3 is 9.72 Å². The van der Waals surface area contributed by atoms with Crippen LogP contribution < -0.4 is 0 Å². The van der Waals surface area contributed by atoms with Crippen molar-refractivity contribution in [2.45, 2.75) is 25.9 Å². The Bertz CT molecular complexity index is 1150. The minimum absolute atomic E-state index is 0.0782. The minimum Gasteiger partial charge on any atom is -0.461 e. The van der Waals surface area contributed by atoms with E-state index in [4.69, 9.17) is 4.74 Å². The Balaban J connectivity index is 1.39. The first-order valence-electron chi connectivity index (χ1n) is 10.2. The number of carbonyl (C=O) groups is 1. The number of nitrogens with one attached hydrogen (secondary N) is 1. The highest BCUT2D eigenvalue weighted by molar-refractivity contribution is 5.97. The Morgan fingerprint density at radius 3 is 2.48 bits per heavy atom. The molecule has 1 unspecified atom stereocenters. The third-order valence-corrected chi connectivity index (χ3v) is 5.87. The number of aromatic nitrogens is 1. The lowest BCUT2D eigenvalue weighted by molar-refractivity contribution is -0.150. The van der Waals surface area contributed by atoms with Crippen molar-refractivity contribution in [3.63, 3.8) is 0 Å². The van der Waals surface area contributed by atoms with Crippen molar-refractivity contribution in [2.75, 3.05) is 0 Å². The molecular formula is C26H23NO2. The van der Waals surface area contributed by atoms with Crippen molar-refractivity contribution in [3.8, 4) is 11.1 Å². The lowest BCUT2D eigenvalue weighted by atomic mass is 9.86. The molecule has 1 N–H and O–H groups in total. The lowest BCUT2D eigenvalue weighted by Crippen LogP contribution is -2.24. The summed E-state index contributed by atoms with van der Waals surface area (Å²) in [6.07, 6.45) is 2.44. The van der Waals surface area contributed by atoms with Crippen LogP contribution in [0.15, 0.2) is 78.9 Å². The number of ether oxygens (including phenoxy) is 1. The van der Waals surface area contributed by atoms with E-state index in [-0.39, 0.29) is 11.9 Å². The van der Waals surface area contributed by atoms with Crippen molar-refractivity contribution in [3.05, 3.63) is 95.7 Å². The number of benzene rings is 3. The van der Waals surface area contributed by atoms with E-state index < -0.39 is 0 Å². The van der Waals surface area contributed by atoms with E-state index in [0.717, 1.165) is 24.8 Å². The Labute approximate surface area is 170 Å². The first-order chi connectivity index (χ1) is 14.3. The molecule has 1 aliphatic rings. The number of hydrogen-bond donors (Lipinski definition) is 1. The fourth-order valence-corrected chi connectivity index (χ4v) is 4.35. The summed E-state index contributed by atoms with van der Waals surface area (Å²) in [5.74, 6) is -0.168. The number of rotatable bonds is 4. The van der Waals surface area contributed by atoms with Gasteiger partial charge in [-0.05, 0) is 36.0 Å². The number of fused-ring (bicyclic) bond motifs is 3. The minimum atomic E-state index is -0.0898. The molecule has 0 radical (unpaired) electrons. The number of hydrogen-bond acceptors (Lipinski definition) is 2. The second kappa shape index (κ2) is 7.59. The molecule has 1 aromatic heterocycles. The van der Waals surface area contributed by atoms with E-state index >= 15 is 0 Å². The van der Waals surface area contributed by atoms with Crippen LogP contribution >= 0.6 is 0 Å². The number of para-hydroxylation sites is 1. The average Bonchev–Trinajstić information content (AvgIpc) is 3.17. The first-order valence-corrected chi connectivity index (χ1v) is 10.2. The molecule has 0 spiro atoms. The van der Waals surface area contributed by atoms with Crippen LogP contribution in [0.3, 0.4) is 0 Å². The molecule has 1 atom stereocenters.